The van der Waals surface area contributed by atoms with Crippen molar-refractivity contribution in [2.75, 3.05) is 23.0 Å². The zero-order valence-electron chi connectivity index (χ0n) is 11.3. The van der Waals surface area contributed by atoms with Crippen LogP contribution in [0.1, 0.15) is 20.3 Å². The van der Waals surface area contributed by atoms with Gasteiger partial charge in [0, 0.05) is 12.7 Å². The van der Waals surface area contributed by atoms with Crippen molar-refractivity contribution in [1.29, 1.82) is 0 Å². The Labute approximate surface area is 118 Å². The summed E-state index contributed by atoms with van der Waals surface area (Å²) < 4.78 is 46.2. The van der Waals surface area contributed by atoms with Gasteiger partial charge >= 0.3 is 5.97 Å². The van der Waals surface area contributed by atoms with Crippen LogP contribution >= 0.6 is 0 Å². The minimum Gasteiger partial charge on any atom is -0.480 e. The summed E-state index contributed by atoms with van der Waals surface area (Å²) in [5.74, 6) is -4.31. The highest BCUT2D eigenvalue weighted by Gasteiger charge is 2.27. The number of carboxylic acid groups (broad SMARTS) is 1. The van der Waals surface area contributed by atoms with E-state index in [9.17, 15) is 26.4 Å². The predicted molar refractivity (Wildman–Crippen MR) is 72.8 cm³/mol. The minimum atomic E-state index is -3.90. The molecule has 0 aliphatic heterocycles. The SMILES string of the molecule is CCCS(=O)(=O)CCS(=O)(=O)C[C@H](NC(C)=O)C(=O)O. The van der Waals surface area contributed by atoms with Gasteiger partial charge in [0.15, 0.2) is 19.7 Å². The van der Waals surface area contributed by atoms with Crippen molar-refractivity contribution in [3.63, 3.8) is 0 Å². The van der Waals surface area contributed by atoms with Crippen LogP contribution in [0.25, 0.3) is 0 Å². The van der Waals surface area contributed by atoms with Gasteiger partial charge in [-0.2, -0.15) is 0 Å². The fourth-order valence-electron chi connectivity index (χ4n) is 1.42. The molecule has 0 bridgehead atoms. The Morgan fingerprint density at radius 1 is 1.05 bits per heavy atom. The van der Waals surface area contributed by atoms with Gasteiger partial charge in [0.2, 0.25) is 5.91 Å². The minimum absolute atomic E-state index is 0.115. The smallest absolute Gasteiger partial charge is 0.327 e. The molecule has 0 aromatic carbocycles. The molecule has 0 spiro atoms. The molecule has 118 valence electrons. The second kappa shape index (κ2) is 7.58. The number of aliphatic carboxylic acids is 1. The molecule has 1 atom stereocenters. The highest BCUT2D eigenvalue weighted by atomic mass is 32.2. The van der Waals surface area contributed by atoms with Crippen molar-refractivity contribution in [2.24, 2.45) is 0 Å². The summed E-state index contributed by atoms with van der Waals surface area (Å²) in [6.45, 7) is 2.72. The summed E-state index contributed by atoms with van der Waals surface area (Å²) in [7, 11) is -7.36. The first kappa shape index (κ1) is 18.8. The van der Waals surface area contributed by atoms with Crippen molar-refractivity contribution in [3.8, 4) is 0 Å². The maximum absolute atomic E-state index is 11.7. The molecule has 20 heavy (non-hydrogen) atoms. The first-order valence-corrected chi connectivity index (χ1v) is 9.54. The summed E-state index contributed by atoms with van der Waals surface area (Å²) in [5, 5.41) is 10.8. The lowest BCUT2D eigenvalue weighted by Crippen LogP contribution is -2.45. The number of carbonyl (C=O) groups excluding carboxylic acids is 1. The Bertz CT molecular complexity index is 550. The van der Waals surface area contributed by atoms with Gasteiger partial charge in [-0.1, -0.05) is 6.92 Å². The predicted octanol–water partition coefficient (Wildman–Crippen LogP) is -1.18. The molecule has 0 aromatic rings. The lowest BCUT2D eigenvalue weighted by Gasteiger charge is -2.13. The van der Waals surface area contributed by atoms with E-state index >= 15 is 0 Å². The Morgan fingerprint density at radius 3 is 1.95 bits per heavy atom. The van der Waals surface area contributed by atoms with Crippen molar-refractivity contribution in [2.45, 2.75) is 26.3 Å². The Morgan fingerprint density at radius 2 is 1.55 bits per heavy atom. The van der Waals surface area contributed by atoms with Crippen molar-refractivity contribution in [1.82, 2.24) is 5.32 Å². The number of carboxylic acids is 1. The second-order valence-corrected chi connectivity index (χ2v) is 8.89. The van der Waals surface area contributed by atoms with Gasteiger partial charge < -0.3 is 10.4 Å². The zero-order chi connectivity index (χ0) is 16.0. The summed E-state index contributed by atoms with van der Waals surface area (Å²) in [4.78, 5) is 21.6. The third-order valence-electron chi connectivity index (χ3n) is 2.32. The largest absolute Gasteiger partial charge is 0.480 e. The van der Waals surface area contributed by atoms with E-state index in [1.165, 1.54) is 0 Å². The van der Waals surface area contributed by atoms with Crippen LogP contribution in [0.4, 0.5) is 0 Å². The fraction of sp³-hybridized carbons (Fsp3) is 0.800. The van der Waals surface area contributed by atoms with E-state index in [1.807, 2.05) is 5.32 Å². The average Bonchev–Trinajstić information content (AvgIpc) is 2.25. The highest BCUT2D eigenvalue weighted by Crippen LogP contribution is 2.01. The van der Waals surface area contributed by atoms with Crippen LogP contribution in [-0.4, -0.2) is 62.9 Å². The summed E-state index contributed by atoms with van der Waals surface area (Å²) in [6, 6.07) is -1.58. The van der Waals surface area contributed by atoms with Gasteiger partial charge in [-0.05, 0) is 6.42 Å². The molecule has 0 aliphatic carbocycles. The molecule has 0 aliphatic rings. The Hall–Kier alpha value is -1.16. The number of nitrogens with one attached hydrogen (secondary N) is 1. The van der Waals surface area contributed by atoms with Gasteiger partial charge in [0.25, 0.3) is 0 Å². The molecular formula is C10H19NO7S2. The number of hydrogen-bond donors (Lipinski definition) is 2. The maximum Gasteiger partial charge on any atom is 0.327 e. The van der Waals surface area contributed by atoms with Crippen molar-refractivity contribution in [3.05, 3.63) is 0 Å². The molecule has 0 saturated heterocycles. The number of rotatable bonds is 9. The Kier molecular flexibility index (Phi) is 7.14. The van der Waals surface area contributed by atoms with Crippen LogP contribution in [0, 0.1) is 0 Å². The van der Waals surface area contributed by atoms with Crippen LogP contribution in [-0.2, 0) is 29.3 Å². The number of sulfone groups is 2. The normalized spacial score (nSPS) is 13.7. The molecular weight excluding hydrogens is 310 g/mol. The lowest BCUT2D eigenvalue weighted by atomic mass is 10.3. The van der Waals surface area contributed by atoms with Crippen molar-refractivity contribution >= 4 is 31.6 Å². The van der Waals surface area contributed by atoms with E-state index in [-0.39, 0.29) is 5.75 Å². The molecule has 8 nitrogen and oxygen atoms in total. The number of carbonyl (C=O) groups is 2. The lowest BCUT2D eigenvalue weighted by molar-refractivity contribution is -0.140. The fourth-order valence-corrected chi connectivity index (χ4v) is 5.18. The summed E-state index contributed by atoms with van der Waals surface area (Å²) in [5.41, 5.74) is 0. The molecule has 0 fully saturated rings. The first-order chi connectivity index (χ1) is 8.99. The molecule has 1 amide bonds. The number of hydrogen-bond acceptors (Lipinski definition) is 6. The van der Waals surface area contributed by atoms with Gasteiger partial charge in [0.1, 0.15) is 6.04 Å². The molecule has 0 radical (unpaired) electrons. The first-order valence-electron chi connectivity index (χ1n) is 5.90. The second-order valence-electron chi connectivity index (χ2n) is 4.36. The number of amides is 1. The zero-order valence-corrected chi connectivity index (χ0v) is 13.0. The van der Waals surface area contributed by atoms with Gasteiger partial charge in [-0.3, -0.25) is 4.79 Å². The molecule has 0 heterocycles. The van der Waals surface area contributed by atoms with Crippen LogP contribution in [0.3, 0.4) is 0 Å². The molecule has 0 saturated carbocycles. The third kappa shape index (κ3) is 8.10. The topological polar surface area (TPSA) is 135 Å². The van der Waals surface area contributed by atoms with Crippen LogP contribution in [0.5, 0.6) is 0 Å². The van der Waals surface area contributed by atoms with Gasteiger partial charge in [0.05, 0.1) is 17.3 Å². The standard InChI is InChI=1S/C10H19NO7S2/c1-3-4-19(15,16)5-6-20(17,18)7-9(10(13)14)11-8(2)12/h9H,3-7H2,1-2H3,(H,11,12)(H,13,14)/t9-/m0/s1. The van der Waals surface area contributed by atoms with Crippen LogP contribution in [0.2, 0.25) is 0 Å². The van der Waals surface area contributed by atoms with Crippen LogP contribution in [0.15, 0.2) is 0 Å². The van der Waals surface area contributed by atoms with E-state index in [4.69, 9.17) is 5.11 Å². The highest BCUT2D eigenvalue weighted by molar-refractivity contribution is 7.95. The third-order valence-corrected chi connectivity index (χ3v) is 6.10. The van der Waals surface area contributed by atoms with E-state index in [0.717, 1.165) is 6.92 Å². The van der Waals surface area contributed by atoms with E-state index < -0.39 is 54.9 Å². The molecule has 2 N–H and O–H groups in total. The molecule has 0 aromatic heterocycles. The summed E-state index contributed by atoms with van der Waals surface area (Å²) in [6.07, 6.45) is 0.381. The van der Waals surface area contributed by atoms with Gasteiger partial charge in [-0.25, -0.2) is 21.6 Å². The van der Waals surface area contributed by atoms with E-state index in [0.29, 0.717) is 6.42 Å². The quantitative estimate of drug-likeness (QED) is 0.543. The van der Waals surface area contributed by atoms with Crippen LogP contribution < -0.4 is 5.32 Å². The average molecular weight is 329 g/mol. The van der Waals surface area contributed by atoms with Crippen molar-refractivity contribution < 1.29 is 31.5 Å². The monoisotopic (exact) mass is 329 g/mol. The summed E-state index contributed by atoms with van der Waals surface area (Å²) >= 11 is 0. The van der Waals surface area contributed by atoms with E-state index in [1.54, 1.807) is 6.92 Å². The Balaban J connectivity index is 4.73. The maximum atomic E-state index is 11.7. The van der Waals surface area contributed by atoms with E-state index in [2.05, 4.69) is 0 Å². The molecule has 10 heteroatoms. The van der Waals surface area contributed by atoms with Gasteiger partial charge in [-0.15, -0.1) is 0 Å². The molecule has 0 rings (SSSR count). The molecule has 0 unspecified atom stereocenters.